The molecular weight excluding hydrogens is 244 g/mol. The molecule has 18 heavy (non-hydrogen) atoms. The van der Waals surface area contributed by atoms with Crippen LogP contribution in [-0.2, 0) is 10.3 Å². The van der Waals surface area contributed by atoms with Crippen LogP contribution in [-0.4, -0.2) is 25.2 Å². The van der Waals surface area contributed by atoms with Crippen molar-refractivity contribution >= 4 is 11.3 Å². The Morgan fingerprint density at radius 1 is 1.56 bits per heavy atom. The number of hydrogen-bond acceptors (Lipinski definition) is 4. The lowest BCUT2D eigenvalue weighted by Gasteiger charge is -2.46. The highest BCUT2D eigenvalue weighted by atomic mass is 32.1. The number of thiazole rings is 1. The second-order valence-corrected chi connectivity index (χ2v) is 6.61. The summed E-state index contributed by atoms with van der Waals surface area (Å²) in [6, 6.07) is 0. The molecule has 1 aliphatic carbocycles. The molecule has 1 aromatic rings. The molecule has 1 heterocycles. The van der Waals surface area contributed by atoms with Crippen LogP contribution >= 0.6 is 11.3 Å². The van der Waals surface area contributed by atoms with Gasteiger partial charge in [0.05, 0.1) is 17.8 Å². The van der Waals surface area contributed by atoms with Crippen molar-refractivity contribution in [2.24, 2.45) is 5.92 Å². The smallest absolute Gasteiger partial charge is 0.113 e. The van der Waals surface area contributed by atoms with Crippen LogP contribution in [0, 0.1) is 5.92 Å². The van der Waals surface area contributed by atoms with E-state index in [-0.39, 0.29) is 5.54 Å². The number of nitrogens with one attached hydrogen (secondary N) is 1. The highest BCUT2D eigenvalue weighted by Crippen LogP contribution is 2.46. The number of methoxy groups -OCH3 is 1. The van der Waals surface area contributed by atoms with E-state index in [1.807, 2.05) is 0 Å². The van der Waals surface area contributed by atoms with Gasteiger partial charge in [0.2, 0.25) is 0 Å². The first kappa shape index (κ1) is 14.0. The van der Waals surface area contributed by atoms with Crippen LogP contribution < -0.4 is 5.32 Å². The third-order valence-corrected chi connectivity index (χ3v) is 4.75. The van der Waals surface area contributed by atoms with Crippen molar-refractivity contribution in [3.05, 3.63) is 16.1 Å². The maximum atomic E-state index is 5.13. The fourth-order valence-corrected chi connectivity index (χ4v) is 3.87. The normalized spacial score (nSPS) is 27.5. The fourth-order valence-electron chi connectivity index (χ4n) is 2.69. The first-order valence-corrected chi connectivity index (χ1v) is 7.65. The molecule has 0 atom stereocenters. The van der Waals surface area contributed by atoms with Gasteiger partial charge in [-0.05, 0) is 24.7 Å². The summed E-state index contributed by atoms with van der Waals surface area (Å²) in [4.78, 5) is 4.83. The molecule has 0 unspecified atom stereocenters. The zero-order chi connectivity index (χ0) is 13.2. The predicted molar refractivity (Wildman–Crippen MR) is 76.2 cm³/mol. The number of nitrogens with zero attached hydrogens (tertiary/aromatic N) is 1. The minimum Gasteiger partial charge on any atom is -0.383 e. The van der Waals surface area contributed by atoms with Crippen LogP contribution in [0.2, 0.25) is 0 Å². The van der Waals surface area contributed by atoms with E-state index in [0.717, 1.165) is 19.1 Å². The van der Waals surface area contributed by atoms with Crippen molar-refractivity contribution in [1.82, 2.24) is 10.3 Å². The zero-order valence-corrected chi connectivity index (χ0v) is 12.6. The highest BCUT2D eigenvalue weighted by Gasteiger charge is 2.45. The summed E-state index contributed by atoms with van der Waals surface area (Å²) in [6.07, 6.45) is 2.39. The molecule has 3 nitrogen and oxygen atoms in total. The summed E-state index contributed by atoms with van der Waals surface area (Å²) < 4.78 is 5.13. The molecule has 1 saturated carbocycles. The summed E-state index contributed by atoms with van der Waals surface area (Å²) in [7, 11) is 1.75. The summed E-state index contributed by atoms with van der Waals surface area (Å²) in [6.45, 7) is 8.38. The van der Waals surface area contributed by atoms with Crippen LogP contribution in [0.25, 0.3) is 0 Å². The van der Waals surface area contributed by atoms with Gasteiger partial charge in [0.1, 0.15) is 5.01 Å². The standard InChI is InChI=1S/C14H24N2OS/c1-10(2)12-9-18-13(16-12)14(7-11(3)8-14)15-5-6-17-4/h9-11,15H,5-8H2,1-4H3. The van der Waals surface area contributed by atoms with Crippen molar-refractivity contribution in [2.45, 2.75) is 45.1 Å². The molecule has 1 aliphatic rings. The van der Waals surface area contributed by atoms with Crippen LogP contribution in [0.3, 0.4) is 0 Å². The summed E-state index contributed by atoms with van der Waals surface area (Å²) in [5.74, 6) is 1.31. The quantitative estimate of drug-likeness (QED) is 0.805. The highest BCUT2D eigenvalue weighted by molar-refractivity contribution is 7.09. The Morgan fingerprint density at radius 3 is 2.78 bits per heavy atom. The molecule has 102 valence electrons. The van der Waals surface area contributed by atoms with E-state index in [4.69, 9.17) is 9.72 Å². The van der Waals surface area contributed by atoms with E-state index in [9.17, 15) is 0 Å². The van der Waals surface area contributed by atoms with Crippen molar-refractivity contribution < 1.29 is 4.74 Å². The Kier molecular flexibility index (Phi) is 4.41. The maximum absolute atomic E-state index is 5.13. The van der Waals surface area contributed by atoms with E-state index >= 15 is 0 Å². The molecule has 0 amide bonds. The minimum absolute atomic E-state index is 0.121. The third-order valence-electron chi connectivity index (χ3n) is 3.69. The van der Waals surface area contributed by atoms with Gasteiger partial charge in [0.25, 0.3) is 0 Å². The second kappa shape index (κ2) is 5.68. The Bertz CT molecular complexity index is 383. The van der Waals surface area contributed by atoms with Crippen molar-refractivity contribution in [1.29, 1.82) is 0 Å². The van der Waals surface area contributed by atoms with Gasteiger partial charge in [-0.1, -0.05) is 20.8 Å². The predicted octanol–water partition coefficient (Wildman–Crippen LogP) is 3.13. The first-order chi connectivity index (χ1) is 8.57. The van der Waals surface area contributed by atoms with E-state index in [1.165, 1.54) is 23.5 Å². The van der Waals surface area contributed by atoms with Gasteiger partial charge in [0, 0.05) is 19.0 Å². The molecule has 0 saturated heterocycles. The molecule has 0 bridgehead atoms. The number of rotatable bonds is 6. The molecule has 0 aliphatic heterocycles. The average Bonchev–Trinajstić information content (AvgIpc) is 2.76. The summed E-state index contributed by atoms with van der Waals surface area (Å²) in [5.41, 5.74) is 1.35. The van der Waals surface area contributed by atoms with Gasteiger partial charge >= 0.3 is 0 Å². The van der Waals surface area contributed by atoms with Crippen LogP contribution in [0.15, 0.2) is 5.38 Å². The molecule has 0 spiro atoms. The number of hydrogen-bond donors (Lipinski definition) is 1. The molecule has 0 aromatic carbocycles. The van der Waals surface area contributed by atoms with E-state index < -0.39 is 0 Å². The van der Waals surface area contributed by atoms with Gasteiger partial charge < -0.3 is 10.1 Å². The van der Waals surface area contributed by atoms with Crippen molar-refractivity contribution in [2.75, 3.05) is 20.3 Å². The van der Waals surface area contributed by atoms with Gasteiger partial charge in [-0.2, -0.15) is 0 Å². The van der Waals surface area contributed by atoms with E-state index in [0.29, 0.717) is 5.92 Å². The average molecular weight is 268 g/mol. The largest absolute Gasteiger partial charge is 0.383 e. The van der Waals surface area contributed by atoms with Gasteiger partial charge in [-0.3, -0.25) is 0 Å². The van der Waals surface area contributed by atoms with E-state index in [2.05, 4.69) is 31.5 Å². The number of aromatic nitrogens is 1. The second-order valence-electron chi connectivity index (χ2n) is 5.75. The molecule has 1 fully saturated rings. The molecule has 4 heteroatoms. The minimum atomic E-state index is 0.121. The van der Waals surface area contributed by atoms with Crippen LogP contribution in [0.4, 0.5) is 0 Å². The Balaban J connectivity index is 2.08. The van der Waals surface area contributed by atoms with E-state index in [1.54, 1.807) is 18.4 Å². The van der Waals surface area contributed by atoms with Crippen LogP contribution in [0.5, 0.6) is 0 Å². The monoisotopic (exact) mass is 268 g/mol. The third kappa shape index (κ3) is 2.76. The van der Waals surface area contributed by atoms with Crippen LogP contribution in [0.1, 0.15) is 50.2 Å². The topological polar surface area (TPSA) is 34.1 Å². The molecular formula is C14H24N2OS. The lowest BCUT2D eigenvalue weighted by molar-refractivity contribution is 0.0981. The van der Waals surface area contributed by atoms with Gasteiger partial charge in [0.15, 0.2) is 0 Å². The molecule has 1 N–H and O–H groups in total. The van der Waals surface area contributed by atoms with Crippen molar-refractivity contribution in [3.8, 4) is 0 Å². The Hall–Kier alpha value is -0.450. The summed E-state index contributed by atoms with van der Waals surface area (Å²) >= 11 is 1.81. The Labute approximate surface area is 114 Å². The SMILES string of the molecule is COCCNC1(c2nc(C(C)C)cs2)CC(C)C1. The zero-order valence-electron chi connectivity index (χ0n) is 11.8. The molecule has 2 rings (SSSR count). The number of ether oxygens (including phenoxy) is 1. The molecule has 1 aromatic heterocycles. The van der Waals surface area contributed by atoms with Crippen molar-refractivity contribution in [3.63, 3.8) is 0 Å². The first-order valence-electron chi connectivity index (χ1n) is 6.77. The lowest BCUT2D eigenvalue weighted by atomic mass is 9.69. The Morgan fingerprint density at radius 2 is 2.28 bits per heavy atom. The maximum Gasteiger partial charge on any atom is 0.113 e. The lowest BCUT2D eigenvalue weighted by Crippen LogP contribution is -2.52. The summed E-state index contributed by atoms with van der Waals surface area (Å²) in [5, 5.41) is 7.13. The fraction of sp³-hybridized carbons (Fsp3) is 0.786. The van der Waals surface area contributed by atoms with Gasteiger partial charge in [-0.25, -0.2) is 4.98 Å². The molecule has 0 radical (unpaired) electrons. The van der Waals surface area contributed by atoms with Gasteiger partial charge in [-0.15, -0.1) is 11.3 Å².